The third-order valence-corrected chi connectivity index (χ3v) is 3.75. The zero-order valence-electron chi connectivity index (χ0n) is 13.1. The summed E-state index contributed by atoms with van der Waals surface area (Å²) in [4.78, 5) is 4.29. The first-order valence-corrected chi connectivity index (χ1v) is 7.57. The molecule has 2 aromatic heterocycles. The summed E-state index contributed by atoms with van der Waals surface area (Å²) in [5.74, 6) is 0.131. The SMILES string of the molecule is CC(C)n1nnc2cc(-c3noc(-c4ccccc4F)n3)ccc21. The van der Waals surface area contributed by atoms with Crippen LogP contribution in [0.3, 0.4) is 0 Å². The Labute approximate surface area is 136 Å². The topological polar surface area (TPSA) is 69.6 Å². The largest absolute Gasteiger partial charge is 0.334 e. The van der Waals surface area contributed by atoms with Gasteiger partial charge in [0.15, 0.2) is 0 Å². The second-order valence-electron chi connectivity index (χ2n) is 5.73. The first-order chi connectivity index (χ1) is 11.6. The molecule has 2 aromatic carbocycles. The summed E-state index contributed by atoms with van der Waals surface area (Å²) in [6, 6.07) is 12.2. The van der Waals surface area contributed by atoms with Crippen LogP contribution < -0.4 is 0 Å². The van der Waals surface area contributed by atoms with E-state index in [1.54, 1.807) is 18.2 Å². The molecule has 0 radical (unpaired) electrons. The molecule has 0 fully saturated rings. The summed E-state index contributed by atoms with van der Waals surface area (Å²) in [5, 5.41) is 12.3. The van der Waals surface area contributed by atoms with Gasteiger partial charge >= 0.3 is 0 Å². The summed E-state index contributed by atoms with van der Waals surface area (Å²) in [5.41, 5.74) is 2.71. The fourth-order valence-electron chi connectivity index (χ4n) is 2.55. The number of halogens is 1. The van der Waals surface area contributed by atoms with E-state index in [0.29, 0.717) is 5.82 Å². The van der Waals surface area contributed by atoms with Crippen molar-refractivity contribution in [2.45, 2.75) is 19.9 Å². The maximum atomic E-state index is 13.8. The number of aromatic nitrogens is 5. The van der Waals surface area contributed by atoms with Crippen molar-refractivity contribution in [1.82, 2.24) is 25.1 Å². The smallest absolute Gasteiger partial charge is 0.261 e. The summed E-state index contributed by atoms with van der Waals surface area (Å²) in [7, 11) is 0. The number of hydrogen-bond donors (Lipinski definition) is 0. The molecule has 0 bridgehead atoms. The molecule has 0 saturated heterocycles. The number of hydrogen-bond acceptors (Lipinski definition) is 5. The summed E-state index contributed by atoms with van der Waals surface area (Å²) < 4.78 is 20.9. The normalized spacial score (nSPS) is 11.5. The van der Waals surface area contributed by atoms with Crippen molar-refractivity contribution in [2.24, 2.45) is 0 Å². The first kappa shape index (κ1) is 14.5. The standard InChI is InChI=1S/C17H14FN5O/c1-10(2)23-15-8-7-11(9-14(15)20-22-23)16-19-17(24-21-16)12-5-3-4-6-13(12)18/h3-10H,1-2H3. The highest BCUT2D eigenvalue weighted by Gasteiger charge is 2.15. The number of rotatable bonds is 3. The Morgan fingerprint density at radius 3 is 2.75 bits per heavy atom. The van der Waals surface area contributed by atoms with Crippen molar-refractivity contribution >= 4 is 11.0 Å². The highest BCUT2D eigenvalue weighted by atomic mass is 19.1. The van der Waals surface area contributed by atoms with Crippen molar-refractivity contribution < 1.29 is 8.91 Å². The molecule has 7 heteroatoms. The summed E-state index contributed by atoms with van der Waals surface area (Å²) in [6.45, 7) is 4.09. The van der Waals surface area contributed by atoms with E-state index < -0.39 is 5.82 Å². The third-order valence-electron chi connectivity index (χ3n) is 3.75. The minimum absolute atomic E-state index is 0.147. The molecule has 120 valence electrons. The van der Waals surface area contributed by atoms with E-state index in [9.17, 15) is 4.39 Å². The van der Waals surface area contributed by atoms with Crippen LogP contribution in [0.5, 0.6) is 0 Å². The Hall–Kier alpha value is -3.09. The third kappa shape index (κ3) is 2.34. The van der Waals surface area contributed by atoms with Gasteiger partial charge in [-0.2, -0.15) is 4.98 Å². The van der Waals surface area contributed by atoms with Gasteiger partial charge in [0.1, 0.15) is 11.3 Å². The Kier molecular flexibility index (Phi) is 3.34. The van der Waals surface area contributed by atoms with Crippen LogP contribution >= 0.6 is 0 Å². The van der Waals surface area contributed by atoms with Crippen LogP contribution in [0.15, 0.2) is 47.0 Å². The lowest BCUT2D eigenvalue weighted by atomic mass is 10.2. The molecule has 0 amide bonds. The second kappa shape index (κ2) is 5.52. The molecule has 4 rings (SSSR count). The van der Waals surface area contributed by atoms with Crippen molar-refractivity contribution in [3.05, 3.63) is 48.3 Å². The van der Waals surface area contributed by atoms with Gasteiger partial charge in [0.05, 0.1) is 11.1 Å². The van der Waals surface area contributed by atoms with Crippen LogP contribution in [-0.2, 0) is 0 Å². The van der Waals surface area contributed by atoms with E-state index in [1.807, 2.05) is 36.7 Å². The van der Waals surface area contributed by atoms with Crippen molar-refractivity contribution in [3.8, 4) is 22.8 Å². The van der Waals surface area contributed by atoms with Gasteiger partial charge in [0, 0.05) is 11.6 Å². The van der Waals surface area contributed by atoms with Crippen molar-refractivity contribution in [3.63, 3.8) is 0 Å². The molecule has 0 aliphatic rings. The molecule has 6 nitrogen and oxygen atoms in total. The van der Waals surface area contributed by atoms with Crippen LogP contribution in [0.1, 0.15) is 19.9 Å². The Bertz CT molecular complexity index is 1020. The number of fused-ring (bicyclic) bond motifs is 1. The summed E-state index contributed by atoms with van der Waals surface area (Å²) in [6.07, 6.45) is 0. The van der Waals surface area contributed by atoms with Crippen LogP contribution in [0.4, 0.5) is 4.39 Å². The van der Waals surface area contributed by atoms with Crippen LogP contribution in [0, 0.1) is 5.82 Å². The Balaban J connectivity index is 1.75. The highest BCUT2D eigenvalue weighted by molar-refractivity contribution is 5.80. The van der Waals surface area contributed by atoms with E-state index in [4.69, 9.17) is 4.52 Å². The average Bonchev–Trinajstić information content (AvgIpc) is 3.21. The molecule has 0 N–H and O–H groups in total. The molecule has 24 heavy (non-hydrogen) atoms. The summed E-state index contributed by atoms with van der Waals surface area (Å²) >= 11 is 0. The molecule has 2 heterocycles. The molecule has 0 saturated carbocycles. The van der Waals surface area contributed by atoms with Gasteiger partial charge in [-0.3, -0.25) is 0 Å². The van der Waals surface area contributed by atoms with Gasteiger partial charge in [-0.05, 0) is 44.2 Å². The molecular weight excluding hydrogens is 309 g/mol. The predicted octanol–water partition coefficient (Wildman–Crippen LogP) is 3.87. The van der Waals surface area contributed by atoms with Crippen LogP contribution in [0.25, 0.3) is 33.9 Å². The van der Waals surface area contributed by atoms with Crippen LogP contribution in [-0.4, -0.2) is 25.1 Å². The Morgan fingerprint density at radius 1 is 1.12 bits per heavy atom. The zero-order chi connectivity index (χ0) is 16.7. The van der Waals surface area contributed by atoms with E-state index in [-0.39, 0.29) is 17.5 Å². The number of benzene rings is 2. The molecule has 0 aliphatic carbocycles. The van der Waals surface area contributed by atoms with Crippen LogP contribution in [0.2, 0.25) is 0 Å². The lowest BCUT2D eigenvalue weighted by Crippen LogP contribution is -2.02. The molecule has 0 unspecified atom stereocenters. The van der Waals surface area contributed by atoms with Gasteiger partial charge in [-0.1, -0.05) is 22.5 Å². The molecule has 0 spiro atoms. The van der Waals surface area contributed by atoms with Gasteiger partial charge in [-0.15, -0.1) is 5.10 Å². The average molecular weight is 323 g/mol. The number of nitrogens with zero attached hydrogens (tertiary/aromatic N) is 5. The fourth-order valence-corrected chi connectivity index (χ4v) is 2.55. The molecule has 0 aliphatic heterocycles. The van der Waals surface area contributed by atoms with Gasteiger partial charge < -0.3 is 4.52 Å². The molecule has 4 aromatic rings. The first-order valence-electron chi connectivity index (χ1n) is 7.57. The second-order valence-corrected chi connectivity index (χ2v) is 5.73. The van der Waals surface area contributed by atoms with Gasteiger partial charge in [-0.25, -0.2) is 9.07 Å². The quantitative estimate of drug-likeness (QED) is 0.572. The fraction of sp³-hybridized carbons (Fsp3) is 0.176. The minimum atomic E-state index is -0.400. The van der Waals surface area contributed by atoms with E-state index in [0.717, 1.165) is 16.6 Å². The van der Waals surface area contributed by atoms with Gasteiger partial charge in [0.2, 0.25) is 5.82 Å². The maximum absolute atomic E-state index is 13.8. The Morgan fingerprint density at radius 2 is 1.96 bits per heavy atom. The van der Waals surface area contributed by atoms with Crippen molar-refractivity contribution in [1.29, 1.82) is 0 Å². The predicted molar refractivity (Wildman–Crippen MR) is 86.6 cm³/mol. The zero-order valence-corrected chi connectivity index (χ0v) is 13.1. The lowest BCUT2D eigenvalue weighted by molar-refractivity contribution is 0.429. The van der Waals surface area contributed by atoms with E-state index in [2.05, 4.69) is 20.5 Å². The molecular formula is C17H14FN5O. The highest BCUT2D eigenvalue weighted by Crippen LogP contribution is 2.26. The minimum Gasteiger partial charge on any atom is -0.334 e. The monoisotopic (exact) mass is 323 g/mol. The van der Waals surface area contributed by atoms with Gasteiger partial charge in [0.25, 0.3) is 5.89 Å². The van der Waals surface area contributed by atoms with E-state index in [1.165, 1.54) is 6.07 Å². The maximum Gasteiger partial charge on any atom is 0.261 e. The molecule has 0 atom stereocenters. The van der Waals surface area contributed by atoms with Crippen molar-refractivity contribution in [2.75, 3.05) is 0 Å². The van der Waals surface area contributed by atoms with E-state index >= 15 is 0 Å². The lowest BCUT2D eigenvalue weighted by Gasteiger charge is -2.04.